The molecule has 96 valence electrons. The van der Waals surface area contributed by atoms with Crippen molar-refractivity contribution in [1.82, 2.24) is 0 Å². The van der Waals surface area contributed by atoms with Crippen molar-refractivity contribution in [2.24, 2.45) is 5.92 Å². The number of rotatable bonds is 2. The van der Waals surface area contributed by atoms with E-state index in [9.17, 15) is 4.79 Å². The highest BCUT2D eigenvalue weighted by Crippen LogP contribution is 2.37. The third-order valence-corrected chi connectivity index (χ3v) is 4.32. The van der Waals surface area contributed by atoms with Gasteiger partial charge in [0.05, 0.1) is 12.2 Å². The van der Waals surface area contributed by atoms with Crippen molar-refractivity contribution in [3.05, 3.63) is 34.9 Å². The third kappa shape index (κ3) is 2.10. The van der Waals surface area contributed by atoms with Crippen LogP contribution in [0, 0.1) is 19.8 Å². The largest absolute Gasteiger partial charge is 0.375 e. The summed E-state index contributed by atoms with van der Waals surface area (Å²) in [5, 5.41) is 0. The van der Waals surface area contributed by atoms with Gasteiger partial charge < -0.3 is 4.74 Å². The van der Waals surface area contributed by atoms with E-state index in [1.807, 2.05) is 19.9 Å². The van der Waals surface area contributed by atoms with Gasteiger partial charge in [-0.25, -0.2) is 0 Å². The molecular formula is C16H20O2. The maximum atomic E-state index is 12.6. The van der Waals surface area contributed by atoms with E-state index in [-0.39, 0.29) is 5.92 Å². The van der Waals surface area contributed by atoms with Gasteiger partial charge in [-0.1, -0.05) is 17.7 Å². The first-order valence-electron chi connectivity index (χ1n) is 6.90. The molecule has 2 fully saturated rings. The van der Waals surface area contributed by atoms with E-state index in [1.54, 1.807) is 0 Å². The minimum Gasteiger partial charge on any atom is -0.375 e. The maximum absolute atomic E-state index is 12.6. The second-order valence-electron chi connectivity index (χ2n) is 5.81. The van der Waals surface area contributed by atoms with E-state index in [0.29, 0.717) is 18.0 Å². The molecule has 0 aromatic heterocycles. The zero-order chi connectivity index (χ0) is 12.7. The Balaban J connectivity index is 1.84. The van der Waals surface area contributed by atoms with Crippen LogP contribution in [-0.4, -0.2) is 18.0 Å². The molecule has 1 aromatic carbocycles. The van der Waals surface area contributed by atoms with Gasteiger partial charge in [-0.2, -0.15) is 0 Å². The van der Waals surface area contributed by atoms with Crippen molar-refractivity contribution < 1.29 is 9.53 Å². The van der Waals surface area contributed by atoms with E-state index in [1.165, 1.54) is 5.56 Å². The first-order valence-corrected chi connectivity index (χ1v) is 6.90. The summed E-state index contributed by atoms with van der Waals surface area (Å²) in [5.41, 5.74) is 3.18. The Labute approximate surface area is 108 Å². The fourth-order valence-corrected chi connectivity index (χ4v) is 3.29. The molecule has 2 unspecified atom stereocenters. The van der Waals surface area contributed by atoms with Crippen molar-refractivity contribution in [3.63, 3.8) is 0 Å². The number of carbonyl (C=O) groups is 1. The van der Waals surface area contributed by atoms with Crippen LogP contribution in [0.5, 0.6) is 0 Å². The number of hydrogen-bond donors (Lipinski definition) is 0. The molecule has 3 rings (SSSR count). The molecule has 0 aliphatic carbocycles. The van der Waals surface area contributed by atoms with Gasteiger partial charge in [0.2, 0.25) is 0 Å². The van der Waals surface area contributed by atoms with Gasteiger partial charge in [0.15, 0.2) is 5.78 Å². The van der Waals surface area contributed by atoms with Gasteiger partial charge in [-0.15, -0.1) is 0 Å². The highest BCUT2D eigenvalue weighted by molar-refractivity contribution is 5.99. The average molecular weight is 244 g/mol. The van der Waals surface area contributed by atoms with Crippen LogP contribution in [0.15, 0.2) is 18.2 Å². The summed E-state index contributed by atoms with van der Waals surface area (Å²) < 4.78 is 5.82. The summed E-state index contributed by atoms with van der Waals surface area (Å²) in [5.74, 6) is 0.508. The maximum Gasteiger partial charge on any atom is 0.166 e. The smallest absolute Gasteiger partial charge is 0.166 e. The molecule has 2 atom stereocenters. The van der Waals surface area contributed by atoms with E-state index in [0.717, 1.165) is 36.8 Å². The second-order valence-corrected chi connectivity index (χ2v) is 5.81. The minimum atomic E-state index is 0.178. The second kappa shape index (κ2) is 4.51. The Morgan fingerprint density at radius 1 is 1.17 bits per heavy atom. The fraction of sp³-hybridized carbons (Fsp3) is 0.562. The van der Waals surface area contributed by atoms with Crippen molar-refractivity contribution in [3.8, 4) is 0 Å². The zero-order valence-corrected chi connectivity index (χ0v) is 11.1. The Morgan fingerprint density at radius 3 is 2.50 bits per heavy atom. The molecule has 0 saturated carbocycles. The van der Waals surface area contributed by atoms with E-state index >= 15 is 0 Å². The summed E-state index contributed by atoms with van der Waals surface area (Å²) in [7, 11) is 0. The minimum absolute atomic E-state index is 0.178. The van der Waals surface area contributed by atoms with E-state index in [2.05, 4.69) is 12.1 Å². The number of ketones is 1. The van der Waals surface area contributed by atoms with Crippen LogP contribution in [0.3, 0.4) is 0 Å². The Morgan fingerprint density at radius 2 is 1.83 bits per heavy atom. The first kappa shape index (κ1) is 11.9. The number of ether oxygens (including phenoxy) is 1. The normalized spacial score (nSPS) is 30.4. The molecule has 2 aliphatic rings. The predicted molar refractivity (Wildman–Crippen MR) is 70.9 cm³/mol. The Hall–Kier alpha value is -1.15. The molecule has 2 nitrogen and oxygen atoms in total. The van der Waals surface area contributed by atoms with Crippen LogP contribution in [0.2, 0.25) is 0 Å². The van der Waals surface area contributed by atoms with E-state index < -0.39 is 0 Å². The molecule has 2 saturated heterocycles. The summed E-state index contributed by atoms with van der Waals surface area (Å²) in [6.45, 7) is 4.07. The van der Waals surface area contributed by atoms with Crippen LogP contribution >= 0.6 is 0 Å². The molecule has 0 radical (unpaired) electrons. The SMILES string of the molecule is Cc1ccc(C)c(C(=O)C2CC3CCC(C2)O3)c1. The van der Waals surface area contributed by atoms with Crippen LogP contribution in [-0.2, 0) is 4.74 Å². The highest BCUT2D eigenvalue weighted by Gasteiger charge is 2.38. The van der Waals surface area contributed by atoms with Gasteiger partial charge in [0, 0.05) is 11.5 Å². The van der Waals surface area contributed by atoms with Crippen LogP contribution in [0.4, 0.5) is 0 Å². The van der Waals surface area contributed by atoms with Gasteiger partial charge in [-0.05, 0) is 51.2 Å². The quantitative estimate of drug-likeness (QED) is 0.745. The molecular weight excluding hydrogens is 224 g/mol. The molecule has 0 N–H and O–H groups in total. The Bertz CT molecular complexity index is 466. The van der Waals surface area contributed by atoms with Crippen molar-refractivity contribution in [2.45, 2.75) is 51.7 Å². The first-order chi connectivity index (χ1) is 8.63. The standard InChI is InChI=1S/C16H20O2/c1-10-3-4-11(2)15(7-10)16(17)12-8-13-5-6-14(9-12)18-13/h3-4,7,12-14H,5-6,8-9H2,1-2H3. The Kier molecular flexibility index (Phi) is 2.98. The summed E-state index contributed by atoms with van der Waals surface area (Å²) in [6, 6.07) is 6.16. The van der Waals surface area contributed by atoms with Gasteiger partial charge in [0.1, 0.15) is 0 Å². The van der Waals surface area contributed by atoms with Crippen molar-refractivity contribution in [2.75, 3.05) is 0 Å². The fourth-order valence-electron chi connectivity index (χ4n) is 3.29. The predicted octanol–water partition coefficient (Wildman–Crippen LogP) is 3.44. The zero-order valence-electron chi connectivity index (χ0n) is 11.1. The molecule has 0 spiro atoms. The van der Waals surface area contributed by atoms with Gasteiger partial charge in [-0.3, -0.25) is 4.79 Å². The van der Waals surface area contributed by atoms with Crippen molar-refractivity contribution in [1.29, 1.82) is 0 Å². The molecule has 2 heteroatoms. The van der Waals surface area contributed by atoms with Gasteiger partial charge in [0.25, 0.3) is 0 Å². The lowest BCUT2D eigenvalue weighted by molar-refractivity contribution is -0.0149. The number of Topliss-reactive ketones (excluding diaryl/α,β-unsaturated/α-hetero) is 1. The van der Waals surface area contributed by atoms with Gasteiger partial charge >= 0.3 is 0 Å². The number of carbonyl (C=O) groups excluding carboxylic acids is 1. The molecule has 18 heavy (non-hydrogen) atoms. The lowest BCUT2D eigenvalue weighted by Gasteiger charge is -2.27. The highest BCUT2D eigenvalue weighted by atomic mass is 16.5. The van der Waals surface area contributed by atoms with Crippen molar-refractivity contribution >= 4 is 5.78 Å². The van der Waals surface area contributed by atoms with Crippen LogP contribution in [0.25, 0.3) is 0 Å². The summed E-state index contributed by atoms with van der Waals surface area (Å²) >= 11 is 0. The number of hydrogen-bond acceptors (Lipinski definition) is 2. The lowest BCUT2D eigenvalue weighted by atomic mass is 9.86. The topological polar surface area (TPSA) is 26.3 Å². The molecule has 2 bridgehead atoms. The van der Waals surface area contributed by atoms with Crippen LogP contribution < -0.4 is 0 Å². The summed E-state index contributed by atoms with van der Waals surface area (Å²) in [6.07, 6.45) is 4.79. The molecule has 0 amide bonds. The number of aryl methyl sites for hydroxylation is 2. The third-order valence-electron chi connectivity index (χ3n) is 4.32. The lowest BCUT2D eigenvalue weighted by Crippen LogP contribution is -2.30. The average Bonchev–Trinajstić information content (AvgIpc) is 2.70. The van der Waals surface area contributed by atoms with Crippen LogP contribution in [0.1, 0.15) is 47.2 Å². The monoisotopic (exact) mass is 244 g/mol. The number of benzene rings is 1. The van der Waals surface area contributed by atoms with E-state index in [4.69, 9.17) is 4.74 Å². The number of fused-ring (bicyclic) bond motifs is 2. The molecule has 2 aliphatic heterocycles. The summed E-state index contributed by atoms with van der Waals surface area (Å²) in [4.78, 5) is 12.6. The molecule has 2 heterocycles. The molecule has 1 aromatic rings.